The van der Waals surface area contributed by atoms with Crippen LogP contribution in [-0.2, 0) is 0 Å². The van der Waals surface area contributed by atoms with Gasteiger partial charge in [0, 0.05) is 5.56 Å². The molecule has 1 atom stereocenters. The fourth-order valence-corrected chi connectivity index (χ4v) is 1.49. The highest BCUT2D eigenvalue weighted by Crippen LogP contribution is 2.28. The summed E-state index contributed by atoms with van der Waals surface area (Å²) in [6.07, 6.45) is 0.675. The molecule has 0 aliphatic rings. The van der Waals surface area contributed by atoms with Crippen molar-refractivity contribution in [3.63, 3.8) is 0 Å². The van der Waals surface area contributed by atoms with Gasteiger partial charge in [0.2, 0.25) is 0 Å². The lowest BCUT2D eigenvalue weighted by atomic mass is 10.1. The molecule has 0 aliphatic heterocycles. The van der Waals surface area contributed by atoms with E-state index >= 15 is 0 Å². The van der Waals surface area contributed by atoms with Crippen LogP contribution in [0.25, 0.3) is 0 Å². The molecule has 5 nitrogen and oxygen atoms in total. The molecule has 0 saturated heterocycles. The summed E-state index contributed by atoms with van der Waals surface area (Å²) in [5.74, 6) is 0.667. The Balaban J connectivity index is 2.32. The van der Waals surface area contributed by atoms with E-state index in [0.29, 0.717) is 23.6 Å². The maximum Gasteiger partial charge on any atom is 0.128 e. The number of para-hydroxylation sites is 1. The number of nitrogens with one attached hydrogen (secondary N) is 1. The maximum atomic E-state index is 10.1. The fraction of sp³-hybridized carbons (Fsp3) is 0.273. The normalized spacial score (nSPS) is 12.4. The average Bonchev–Trinajstić information content (AvgIpc) is 2.83. The topological polar surface area (TPSA) is 71.0 Å². The van der Waals surface area contributed by atoms with E-state index in [4.69, 9.17) is 4.74 Å². The zero-order chi connectivity index (χ0) is 11.4. The lowest BCUT2D eigenvalue weighted by molar-refractivity contribution is 0.207. The maximum absolute atomic E-state index is 10.1. The predicted octanol–water partition coefficient (Wildman–Crippen LogP) is 1.29. The molecule has 1 aromatic heterocycles. The van der Waals surface area contributed by atoms with Gasteiger partial charge in [0.25, 0.3) is 0 Å². The SMILES string of the molecule is CCOc1ccccc1C(O)c1cn[nH]n1. The molecule has 16 heavy (non-hydrogen) atoms. The summed E-state index contributed by atoms with van der Waals surface area (Å²) >= 11 is 0. The van der Waals surface area contributed by atoms with Gasteiger partial charge in [-0.1, -0.05) is 18.2 Å². The first-order valence-electron chi connectivity index (χ1n) is 5.08. The van der Waals surface area contributed by atoms with Crippen LogP contribution in [-0.4, -0.2) is 27.1 Å². The third-order valence-electron chi connectivity index (χ3n) is 2.23. The van der Waals surface area contributed by atoms with Crippen molar-refractivity contribution >= 4 is 0 Å². The highest BCUT2D eigenvalue weighted by Gasteiger charge is 2.17. The van der Waals surface area contributed by atoms with Crippen molar-refractivity contribution in [1.82, 2.24) is 15.4 Å². The number of aliphatic hydroxyl groups is 1. The molecule has 5 heteroatoms. The smallest absolute Gasteiger partial charge is 0.128 e. The summed E-state index contributed by atoms with van der Waals surface area (Å²) in [5, 5.41) is 20.1. The standard InChI is InChI=1S/C11H13N3O2/c1-2-16-10-6-4-3-5-8(10)11(15)9-7-12-14-13-9/h3-7,11,15H,2H2,1H3,(H,12,13,14). The van der Waals surface area contributed by atoms with E-state index in [1.807, 2.05) is 31.2 Å². The van der Waals surface area contributed by atoms with Gasteiger partial charge in [0.15, 0.2) is 0 Å². The molecule has 0 radical (unpaired) electrons. The second-order valence-electron chi connectivity index (χ2n) is 3.27. The van der Waals surface area contributed by atoms with Gasteiger partial charge in [-0.05, 0) is 13.0 Å². The summed E-state index contributed by atoms with van der Waals surface area (Å²) in [6.45, 7) is 2.46. The number of hydrogen-bond donors (Lipinski definition) is 2. The van der Waals surface area contributed by atoms with Gasteiger partial charge in [-0.15, -0.1) is 0 Å². The number of hydrogen-bond acceptors (Lipinski definition) is 4. The molecule has 2 rings (SSSR count). The Morgan fingerprint density at radius 3 is 2.94 bits per heavy atom. The van der Waals surface area contributed by atoms with Crippen LogP contribution in [0, 0.1) is 0 Å². The molecular formula is C11H13N3O2. The Hall–Kier alpha value is -1.88. The molecule has 84 valence electrons. The van der Waals surface area contributed by atoms with Crippen molar-refractivity contribution in [3.8, 4) is 5.75 Å². The van der Waals surface area contributed by atoms with E-state index in [9.17, 15) is 5.11 Å². The largest absolute Gasteiger partial charge is 0.493 e. The molecule has 0 fully saturated rings. The van der Waals surface area contributed by atoms with Crippen LogP contribution in [0.3, 0.4) is 0 Å². The number of H-pyrrole nitrogens is 1. The van der Waals surface area contributed by atoms with Crippen LogP contribution in [0.15, 0.2) is 30.5 Å². The molecule has 0 amide bonds. The van der Waals surface area contributed by atoms with Crippen LogP contribution in [0.5, 0.6) is 5.75 Å². The number of nitrogens with zero attached hydrogens (tertiary/aromatic N) is 2. The van der Waals surface area contributed by atoms with Gasteiger partial charge in [0.05, 0.1) is 12.8 Å². The van der Waals surface area contributed by atoms with Gasteiger partial charge < -0.3 is 9.84 Å². The second kappa shape index (κ2) is 4.76. The summed E-state index contributed by atoms with van der Waals surface area (Å²) in [6, 6.07) is 7.34. The van der Waals surface area contributed by atoms with Crippen molar-refractivity contribution in [2.75, 3.05) is 6.61 Å². The number of aromatic nitrogens is 3. The summed E-state index contributed by atoms with van der Waals surface area (Å²) in [7, 11) is 0. The molecule has 0 aliphatic carbocycles. The molecule has 2 N–H and O–H groups in total. The summed E-state index contributed by atoms with van der Waals surface area (Å²) < 4.78 is 5.44. The lowest BCUT2D eigenvalue weighted by Crippen LogP contribution is -2.04. The quantitative estimate of drug-likeness (QED) is 0.812. The molecule has 0 saturated carbocycles. The van der Waals surface area contributed by atoms with Gasteiger partial charge in [-0.2, -0.15) is 15.4 Å². The molecule has 2 aromatic rings. The first kappa shape index (κ1) is 10.6. The van der Waals surface area contributed by atoms with Gasteiger partial charge >= 0.3 is 0 Å². The minimum atomic E-state index is -0.818. The van der Waals surface area contributed by atoms with Gasteiger partial charge in [-0.25, -0.2) is 0 Å². The minimum Gasteiger partial charge on any atom is -0.493 e. The van der Waals surface area contributed by atoms with Crippen molar-refractivity contribution in [2.45, 2.75) is 13.0 Å². The Labute approximate surface area is 93.1 Å². The Morgan fingerprint density at radius 1 is 1.44 bits per heavy atom. The third kappa shape index (κ3) is 2.04. The molecule has 1 aromatic carbocycles. The van der Waals surface area contributed by atoms with Crippen molar-refractivity contribution in [2.24, 2.45) is 0 Å². The predicted molar refractivity (Wildman–Crippen MR) is 58.1 cm³/mol. The highest BCUT2D eigenvalue weighted by atomic mass is 16.5. The second-order valence-corrected chi connectivity index (χ2v) is 3.27. The van der Waals surface area contributed by atoms with Crippen molar-refractivity contribution in [1.29, 1.82) is 0 Å². The third-order valence-corrected chi connectivity index (χ3v) is 2.23. The minimum absolute atomic E-state index is 0.479. The van der Waals surface area contributed by atoms with Crippen LogP contribution >= 0.6 is 0 Å². The molecule has 0 bridgehead atoms. The van der Waals surface area contributed by atoms with Gasteiger partial charge in [0.1, 0.15) is 17.5 Å². The van der Waals surface area contributed by atoms with E-state index in [1.54, 1.807) is 0 Å². The molecule has 1 heterocycles. The van der Waals surface area contributed by atoms with E-state index in [-0.39, 0.29) is 0 Å². The Morgan fingerprint density at radius 2 is 2.25 bits per heavy atom. The molecular weight excluding hydrogens is 206 g/mol. The highest BCUT2D eigenvalue weighted by molar-refractivity contribution is 5.38. The van der Waals surface area contributed by atoms with E-state index < -0.39 is 6.10 Å². The van der Waals surface area contributed by atoms with Crippen LogP contribution in [0.4, 0.5) is 0 Å². The first-order valence-corrected chi connectivity index (χ1v) is 5.08. The lowest BCUT2D eigenvalue weighted by Gasteiger charge is -2.13. The van der Waals surface area contributed by atoms with Crippen LogP contribution < -0.4 is 4.74 Å². The van der Waals surface area contributed by atoms with E-state index in [0.717, 1.165) is 0 Å². The van der Waals surface area contributed by atoms with Gasteiger partial charge in [-0.3, -0.25) is 0 Å². The van der Waals surface area contributed by atoms with E-state index in [1.165, 1.54) is 6.20 Å². The Kier molecular flexibility index (Phi) is 3.16. The number of aromatic amines is 1. The number of aliphatic hydroxyl groups excluding tert-OH is 1. The number of rotatable bonds is 4. The first-order chi connectivity index (χ1) is 7.83. The molecule has 1 unspecified atom stereocenters. The fourth-order valence-electron chi connectivity index (χ4n) is 1.49. The number of ether oxygens (including phenoxy) is 1. The van der Waals surface area contributed by atoms with Crippen molar-refractivity contribution < 1.29 is 9.84 Å². The zero-order valence-electron chi connectivity index (χ0n) is 8.92. The van der Waals surface area contributed by atoms with E-state index in [2.05, 4.69) is 15.4 Å². The molecule has 0 spiro atoms. The average molecular weight is 219 g/mol. The van der Waals surface area contributed by atoms with Crippen LogP contribution in [0.1, 0.15) is 24.3 Å². The number of benzene rings is 1. The Bertz CT molecular complexity index is 442. The zero-order valence-corrected chi connectivity index (χ0v) is 8.92. The van der Waals surface area contributed by atoms with Crippen LogP contribution in [0.2, 0.25) is 0 Å². The summed E-state index contributed by atoms with van der Waals surface area (Å²) in [5.41, 5.74) is 1.17. The van der Waals surface area contributed by atoms with Crippen molar-refractivity contribution in [3.05, 3.63) is 41.7 Å². The monoisotopic (exact) mass is 219 g/mol. The summed E-state index contributed by atoms with van der Waals surface area (Å²) in [4.78, 5) is 0.